The zero-order chi connectivity index (χ0) is 13.8. The minimum atomic E-state index is -0.214. The third-order valence-electron chi connectivity index (χ3n) is 3.26. The lowest BCUT2D eigenvalue weighted by atomic mass is 10.1. The molecule has 0 saturated carbocycles. The van der Waals surface area contributed by atoms with Crippen molar-refractivity contribution in [2.45, 2.75) is 19.0 Å². The van der Waals surface area contributed by atoms with E-state index in [2.05, 4.69) is 21.6 Å². The van der Waals surface area contributed by atoms with Gasteiger partial charge in [-0.3, -0.25) is 4.79 Å². The molecule has 2 unspecified atom stereocenters. The topological polar surface area (TPSA) is 68.2 Å². The highest BCUT2D eigenvalue weighted by molar-refractivity contribution is 5.87. The molecule has 1 fully saturated rings. The SMILES string of the molecule is CNCC1C(=O)NC(C)CN1c1ccc(C#N)cc1. The van der Waals surface area contributed by atoms with Crippen molar-refractivity contribution in [3.63, 3.8) is 0 Å². The number of hydrogen-bond acceptors (Lipinski definition) is 4. The van der Waals surface area contributed by atoms with Crippen LogP contribution in [0.25, 0.3) is 0 Å². The van der Waals surface area contributed by atoms with Crippen LogP contribution >= 0.6 is 0 Å². The van der Waals surface area contributed by atoms with Crippen molar-refractivity contribution >= 4 is 11.6 Å². The van der Waals surface area contributed by atoms with Crippen molar-refractivity contribution in [1.29, 1.82) is 5.26 Å². The average molecular weight is 258 g/mol. The second-order valence-corrected chi connectivity index (χ2v) is 4.79. The number of amides is 1. The largest absolute Gasteiger partial charge is 0.356 e. The second kappa shape index (κ2) is 5.72. The second-order valence-electron chi connectivity index (χ2n) is 4.79. The van der Waals surface area contributed by atoms with Gasteiger partial charge in [0.15, 0.2) is 0 Å². The standard InChI is InChI=1S/C14H18N4O/c1-10-9-18(13(8-16-2)14(19)17-10)12-5-3-11(7-15)4-6-12/h3-6,10,13,16H,8-9H2,1-2H3,(H,17,19). The van der Waals surface area contributed by atoms with E-state index in [0.717, 1.165) is 12.2 Å². The summed E-state index contributed by atoms with van der Waals surface area (Å²) in [6, 6.07) is 9.36. The predicted octanol–water partition coefficient (Wildman–Crippen LogP) is 0.471. The molecule has 0 radical (unpaired) electrons. The van der Waals surface area contributed by atoms with Crippen LogP contribution in [0.1, 0.15) is 12.5 Å². The molecule has 19 heavy (non-hydrogen) atoms. The van der Waals surface area contributed by atoms with Crippen molar-refractivity contribution in [1.82, 2.24) is 10.6 Å². The lowest BCUT2D eigenvalue weighted by Crippen LogP contribution is -2.62. The summed E-state index contributed by atoms with van der Waals surface area (Å²) in [6.07, 6.45) is 0. The molecule has 2 N–H and O–H groups in total. The van der Waals surface area contributed by atoms with E-state index in [-0.39, 0.29) is 18.0 Å². The Balaban J connectivity index is 2.27. The molecule has 1 saturated heterocycles. The average Bonchev–Trinajstić information content (AvgIpc) is 2.42. The Morgan fingerprint density at radius 1 is 1.47 bits per heavy atom. The van der Waals surface area contributed by atoms with Gasteiger partial charge in [-0.2, -0.15) is 5.26 Å². The Morgan fingerprint density at radius 3 is 2.74 bits per heavy atom. The van der Waals surface area contributed by atoms with E-state index in [0.29, 0.717) is 12.1 Å². The van der Waals surface area contributed by atoms with Crippen LogP contribution in [0.4, 0.5) is 5.69 Å². The van der Waals surface area contributed by atoms with Gasteiger partial charge in [-0.15, -0.1) is 0 Å². The van der Waals surface area contributed by atoms with Crippen LogP contribution in [0.5, 0.6) is 0 Å². The summed E-state index contributed by atoms with van der Waals surface area (Å²) in [5, 5.41) is 14.8. The number of benzene rings is 1. The summed E-state index contributed by atoms with van der Waals surface area (Å²) in [5.41, 5.74) is 1.60. The Morgan fingerprint density at radius 2 is 2.16 bits per heavy atom. The van der Waals surface area contributed by atoms with E-state index >= 15 is 0 Å². The maximum absolute atomic E-state index is 12.1. The highest BCUT2D eigenvalue weighted by atomic mass is 16.2. The minimum absolute atomic E-state index is 0.0393. The van der Waals surface area contributed by atoms with Crippen LogP contribution in [0.15, 0.2) is 24.3 Å². The van der Waals surface area contributed by atoms with Gasteiger partial charge in [0.2, 0.25) is 5.91 Å². The van der Waals surface area contributed by atoms with Gasteiger partial charge >= 0.3 is 0 Å². The number of nitrogens with one attached hydrogen (secondary N) is 2. The van der Waals surface area contributed by atoms with E-state index in [1.54, 1.807) is 12.1 Å². The third-order valence-corrected chi connectivity index (χ3v) is 3.26. The number of anilines is 1. The van der Waals surface area contributed by atoms with Gasteiger partial charge in [-0.25, -0.2) is 0 Å². The van der Waals surface area contributed by atoms with Crippen molar-refractivity contribution < 1.29 is 4.79 Å². The van der Waals surface area contributed by atoms with E-state index in [9.17, 15) is 4.79 Å². The van der Waals surface area contributed by atoms with Gasteiger partial charge in [0.05, 0.1) is 11.6 Å². The first-order valence-corrected chi connectivity index (χ1v) is 6.37. The number of piperazine rings is 1. The van der Waals surface area contributed by atoms with Gasteiger partial charge in [0.25, 0.3) is 0 Å². The molecule has 2 atom stereocenters. The monoisotopic (exact) mass is 258 g/mol. The lowest BCUT2D eigenvalue weighted by molar-refractivity contribution is -0.124. The Bertz CT molecular complexity index is 491. The van der Waals surface area contributed by atoms with Crippen LogP contribution < -0.4 is 15.5 Å². The smallest absolute Gasteiger partial charge is 0.244 e. The van der Waals surface area contributed by atoms with Crippen LogP contribution in [-0.2, 0) is 4.79 Å². The molecule has 5 nitrogen and oxygen atoms in total. The number of rotatable bonds is 3. The molecule has 0 bridgehead atoms. The molecule has 1 aromatic rings. The van der Waals surface area contributed by atoms with Gasteiger partial charge in [-0.1, -0.05) is 0 Å². The fourth-order valence-electron chi connectivity index (χ4n) is 2.36. The fourth-order valence-corrected chi connectivity index (χ4v) is 2.36. The number of nitrogens with zero attached hydrogens (tertiary/aromatic N) is 2. The van der Waals surface area contributed by atoms with Crippen LogP contribution in [0.2, 0.25) is 0 Å². The molecule has 1 heterocycles. The first-order valence-electron chi connectivity index (χ1n) is 6.37. The Hall–Kier alpha value is -2.06. The van der Waals surface area contributed by atoms with E-state index in [1.165, 1.54) is 0 Å². The van der Waals surface area contributed by atoms with Crippen LogP contribution in [-0.4, -0.2) is 38.1 Å². The van der Waals surface area contributed by atoms with Gasteiger partial charge in [0.1, 0.15) is 6.04 Å². The number of carbonyl (C=O) groups is 1. The normalized spacial score (nSPS) is 22.8. The summed E-state index contributed by atoms with van der Waals surface area (Å²) < 4.78 is 0. The van der Waals surface area contributed by atoms with E-state index in [4.69, 9.17) is 5.26 Å². The molecule has 2 rings (SSSR count). The summed E-state index contributed by atoms with van der Waals surface area (Å²) in [6.45, 7) is 3.35. The number of carbonyl (C=O) groups excluding carboxylic acids is 1. The number of nitriles is 1. The lowest BCUT2D eigenvalue weighted by Gasteiger charge is -2.39. The van der Waals surface area contributed by atoms with Crippen molar-refractivity contribution in [2.24, 2.45) is 0 Å². The molecule has 0 aromatic heterocycles. The van der Waals surface area contributed by atoms with Gasteiger partial charge < -0.3 is 15.5 Å². The number of likely N-dealkylation sites (N-methyl/N-ethyl adjacent to an activating group) is 1. The number of hydrogen-bond donors (Lipinski definition) is 2. The molecule has 0 spiro atoms. The summed E-state index contributed by atoms with van der Waals surface area (Å²) in [7, 11) is 1.84. The van der Waals surface area contributed by atoms with Crippen LogP contribution in [0, 0.1) is 11.3 Å². The van der Waals surface area contributed by atoms with Crippen molar-refractivity contribution in [2.75, 3.05) is 25.0 Å². The molecule has 100 valence electrons. The highest BCUT2D eigenvalue weighted by Crippen LogP contribution is 2.20. The van der Waals surface area contributed by atoms with Crippen LogP contribution in [0.3, 0.4) is 0 Å². The van der Waals surface area contributed by atoms with E-state index in [1.807, 2.05) is 26.1 Å². The first kappa shape index (κ1) is 13.4. The molecule has 1 aliphatic rings. The minimum Gasteiger partial charge on any atom is -0.356 e. The zero-order valence-corrected chi connectivity index (χ0v) is 11.2. The molecule has 1 aromatic carbocycles. The first-order chi connectivity index (χ1) is 9.15. The van der Waals surface area contributed by atoms with Crippen molar-refractivity contribution in [3.05, 3.63) is 29.8 Å². The molecule has 0 aliphatic carbocycles. The Labute approximate surface area is 113 Å². The van der Waals surface area contributed by atoms with Gasteiger partial charge in [-0.05, 0) is 38.2 Å². The maximum Gasteiger partial charge on any atom is 0.244 e. The molecular weight excluding hydrogens is 240 g/mol. The fraction of sp³-hybridized carbons (Fsp3) is 0.429. The van der Waals surface area contributed by atoms with E-state index < -0.39 is 0 Å². The quantitative estimate of drug-likeness (QED) is 0.827. The maximum atomic E-state index is 12.1. The molecule has 1 aliphatic heterocycles. The predicted molar refractivity (Wildman–Crippen MR) is 73.8 cm³/mol. The zero-order valence-electron chi connectivity index (χ0n) is 11.2. The summed E-state index contributed by atoms with van der Waals surface area (Å²) in [5.74, 6) is 0.0393. The Kier molecular flexibility index (Phi) is 4.03. The summed E-state index contributed by atoms with van der Waals surface area (Å²) in [4.78, 5) is 14.1. The van der Waals surface area contributed by atoms with Gasteiger partial charge in [0, 0.05) is 24.8 Å². The highest BCUT2D eigenvalue weighted by Gasteiger charge is 2.32. The molecular formula is C14H18N4O. The van der Waals surface area contributed by atoms with Crippen molar-refractivity contribution in [3.8, 4) is 6.07 Å². The third kappa shape index (κ3) is 2.85. The molecule has 5 heteroatoms. The molecule has 1 amide bonds. The summed E-state index contributed by atoms with van der Waals surface area (Å²) >= 11 is 0.